The van der Waals surface area contributed by atoms with E-state index in [1.807, 2.05) is 18.2 Å². The van der Waals surface area contributed by atoms with Gasteiger partial charge in [0.1, 0.15) is 5.92 Å². The summed E-state index contributed by atoms with van der Waals surface area (Å²) in [4.78, 5) is 24.0. The first kappa shape index (κ1) is 10.3. The van der Waals surface area contributed by atoms with E-state index >= 15 is 0 Å². The van der Waals surface area contributed by atoms with Gasteiger partial charge in [0.15, 0.2) is 5.66 Å². The van der Waals surface area contributed by atoms with Crippen LogP contribution in [0.3, 0.4) is 0 Å². The molecule has 0 aliphatic carbocycles. The SMILES string of the molecule is O=C1NC2(COC2)NC(=O)C1c1ccccc1. The number of carbonyl (C=O) groups excluding carboxylic acids is 2. The summed E-state index contributed by atoms with van der Waals surface area (Å²) in [5.41, 5.74) is 0.0389. The third kappa shape index (κ3) is 1.59. The Morgan fingerprint density at radius 1 is 1.06 bits per heavy atom. The van der Waals surface area contributed by atoms with Gasteiger partial charge in [-0.3, -0.25) is 9.59 Å². The quantitative estimate of drug-likeness (QED) is 0.656. The molecule has 0 aromatic heterocycles. The standard InChI is InChI=1S/C12H12N2O3/c15-10-9(8-4-2-1-3-5-8)11(16)14-12(13-10)6-17-7-12/h1-5,9H,6-7H2,(H,13,15)(H,14,16). The molecule has 5 heteroatoms. The van der Waals surface area contributed by atoms with E-state index in [1.54, 1.807) is 12.1 Å². The van der Waals surface area contributed by atoms with Crippen LogP contribution < -0.4 is 10.6 Å². The average molecular weight is 232 g/mol. The first-order chi connectivity index (χ1) is 8.20. The molecule has 0 atom stereocenters. The zero-order valence-electron chi connectivity index (χ0n) is 9.10. The molecule has 2 aliphatic rings. The molecule has 1 aromatic rings. The van der Waals surface area contributed by atoms with E-state index in [0.717, 1.165) is 0 Å². The highest BCUT2D eigenvalue weighted by Crippen LogP contribution is 2.25. The van der Waals surface area contributed by atoms with Crippen molar-refractivity contribution < 1.29 is 14.3 Å². The summed E-state index contributed by atoms with van der Waals surface area (Å²) in [5.74, 6) is -1.28. The molecule has 0 saturated carbocycles. The van der Waals surface area contributed by atoms with Gasteiger partial charge in [0.2, 0.25) is 11.8 Å². The Morgan fingerprint density at radius 3 is 2.12 bits per heavy atom. The minimum atomic E-state index is -0.762. The Labute approximate surface area is 98.1 Å². The maximum atomic E-state index is 12.0. The second-order valence-electron chi connectivity index (χ2n) is 4.40. The monoisotopic (exact) mass is 232 g/mol. The van der Waals surface area contributed by atoms with Crippen molar-refractivity contribution >= 4 is 11.8 Å². The molecular weight excluding hydrogens is 220 g/mol. The number of amides is 2. The Balaban J connectivity index is 1.88. The highest BCUT2D eigenvalue weighted by atomic mass is 16.5. The minimum absolute atomic E-state index is 0.261. The fraction of sp³-hybridized carbons (Fsp3) is 0.333. The molecule has 0 bridgehead atoms. The summed E-state index contributed by atoms with van der Waals surface area (Å²) in [7, 11) is 0. The molecule has 2 fully saturated rings. The number of hydrogen-bond donors (Lipinski definition) is 2. The predicted octanol–water partition coefficient (Wildman–Crippen LogP) is -0.257. The van der Waals surface area contributed by atoms with E-state index in [1.165, 1.54) is 0 Å². The minimum Gasteiger partial charge on any atom is -0.372 e. The van der Waals surface area contributed by atoms with Gasteiger partial charge in [-0.15, -0.1) is 0 Å². The fourth-order valence-corrected chi connectivity index (χ4v) is 2.17. The van der Waals surface area contributed by atoms with Gasteiger partial charge in [-0.1, -0.05) is 30.3 Å². The molecule has 3 rings (SSSR count). The number of benzene rings is 1. The van der Waals surface area contributed by atoms with E-state index in [2.05, 4.69) is 10.6 Å². The molecule has 17 heavy (non-hydrogen) atoms. The van der Waals surface area contributed by atoms with Crippen molar-refractivity contribution in [2.75, 3.05) is 13.2 Å². The van der Waals surface area contributed by atoms with Crippen LogP contribution in [0, 0.1) is 0 Å². The molecule has 2 saturated heterocycles. The third-order valence-electron chi connectivity index (χ3n) is 3.08. The highest BCUT2D eigenvalue weighted by molar-refractivity contribution is 6.08. The lowest BCUT2D eigenvalue weighted by molar-refractivity contribution is -0.156. The maximum Gasteiger partial charge on any atom is 0.239 e. The molecular formula is C12H12N2O3. The van der Waals surface area contributed by atoms with E-state index in [4.69, 9.17) is 4.74 Å². The van der Waals surface area contributed by atoms with Crippen LogP contribution in [0.5, 0.6) is 0 Å². The highest BCUT2D eigenvalue weighted by Gasteiger charge is 2.49. The molecule has 1 aromatic carbocycles. The van der Waals surface area contributed by atoms with Crippen LogP contribution in [-0.2, 0) is 14.3 Å². The lowest BCUT2D eigenvalue weighted by Crippen LogP contribution is -2.76. The number of rotatable bonds is 1. The van der Waals surface area contributed by atoms with Crippen molar-refractivity contribution in [3.63, 3.8) is 0 Å². The van der Waals surface area contributed by atoms with E-state index < -0.39 is 11.6 Å². The first-order valence-electron chi connectivity index (χ1n) is 5.47. The van der Waals surface area contributed by atoms with Gasteiger partial charge in [0.05, 0.1) is 13.2 Å². The van der Waals surface area contributed by atoms with Crippen molar-refractivity contribution in [1.29, 1.82) is 0 Å². The smallest absolute Gasteiger partial charge is 0.239 e. The van der Waals surface area contributed by atoms with E-state index in [9.17, 15) is 9.59 Å². The van der Waals surface area contributed by atoms with Gasteiger partial charge < -0.3 is 15.4 Å². The summed E-state index contributed by atoms with van der Waals surface area (Å²) in [5, 5.41) is 5.62. The number of nitrogens with one attached hydrogen (secondary N) is 2. The number of carbonyl (C=O) groups is 2. The molecule has 2 heterocycles. The van der Waals surface area contributed by atoms with Crippen molar-refractivity contribution in [3.8, 4) is 0 Å². The molecule has 2 aliphatic heterocycles. The van der Waals surface area contributed by atoms with E-state index in [0.29, 0.717) is 18.8 Å². The van der Waals surface area contributed by atoms with Gasteiger partial charge in [-0.2, -0.15) is 0 Å². The molecule has 1 spiro atoms. The Bertz CT molecular complexity index is 448. The number of hydrogen-bond acceptors (Lipinski definition) is 3. The Morgan fingerprint density at radius 2 is 1.65 bits per heavy atom. The molecule has 2 N–H and O–H groups in total. The van der Waals surface area contributed by atoms with Crippen LogP contribution >= 0.6 is 0 Å². The Hall–Kier alpha value is -1.88. The largest absolute Gasteiger partial charge is 0.372 e. The second-order valence-corrected chi connectivity index (χ2v) is 4.40. The predicted molar refractivity (Wildman–Crippen MR) is 59.0 cm³/mol. The summed E-state index contributed by atoms with van der Waals surface area (Å²) in [6, 6.07) is 9.03. The lowest BCUT2D eigenvalue weighted by Gasteiger charge is -2.46. The normalized spacial score (nSPS) is 22.8. The second kappa shape index (κ2) is 3.56. The van der Waals surface area contributed by atoms with Gasteiger partial charge >= 0.3 is 0 Å². The summed E-state index contributed by atoms with van der Waals surface area (Å²) >= 11 is 0. The molecule has 2 amide bonds. The van der Waals surface area contributed by atoms with E-state index in [-0.39, 0.29) is 11.8 Å². The van der Waals surface area contributed by atoms with Crippen molar-refractivity contribution in [2.45, 2.75) is 11.6 Å². The zero-order chi connectivity index (χ0) is 11.9. The van der Waals surface area contributed by atoms with Crippen molar-refractivity contribution in [3.05, 3.63) is 35.9 Å². The van der Waals surface area contributed by atoms with Crippen LogP contribution in [0.2, 0.25) is 0 Å². The van der Waals surface area contributed by atoms with Crippen LogP contribution in [0.25, 0.3) is 0 Å². The maximum absolute atomic E-state index is 12.0. The molecule has 88 valence electrons. The van der Waals surface area contributed by atoms with Gasteiger partial charge in [-0.05, 0) is 5.56 Å². The van der Waals surface area contributed by atoms with Gasteiger partial charge in [-0.25, -0.2) is 0 Å². The zero-order valence-corrected chi connectivity index (χ0v) is 9.10. The average Bonchev–Trinajstić information content (AvgIpc) is 2.27. The molecule has 5 nitrogen and oxygen atoms in total. The molecule has 0 unspecified atom stereocenters. The van der Waals surface area contributed by atoms with Crippen LogP contribution in [0.4, 0.5) is 0 Å². The summed E-state index contributed by atoms with van der Waals surface area (Å²) in [6.07, 6.45) is 0. The number of ether oxygens (including phenoxy) is 1. The van der Waals surface area contributed by atoms with Crippen molar-refractivity contribution in [1.82, 2.24) is 10.6 Å². The van der Waals surface area contributed by atoms with Gasteiger partial charge in [0.25, 0.3) is 0 Å². The fourth-order valence-electron chi connectivity index (χ4n) is 2.17. The third-order valence-corrected chi connectivity index (χ3v) is 3.08. The van der Waals surface area contributed by atoms with Crippen LogP contribution in [-0.4, -0.2) is 30.7 Å². The topological polar surface area (TPSA) is 67.4 Å². The Kier molecular flexibility index (Phi) is 2.16. The van der Waals surface area contributed by atoms with Gasteiger partial charge in [0, 0.05) is 0 Å². The lowest BCUT2D eigenvalue weighted by atomic mass is 9.92. The van der Waals surface area contributed by atoms with Crippen molar-refractivity contribution in [2.24, 2.45) is 0 Å². The molecule has 0 radical (unpaired) electrons. The first-order valence-corrected chi connectivity index (χ1v) is 5.47. The summed E-state index contributed by atoms with van der Waals surface area (Å²) in [6.45, 7) is 0.679. The van der Waals surface area contributed by atoms with Crippen LogP contribution in [0.15, 0.2) is 30.3 Å². The summed E-state index contributed by atoms with van der Waals surface area (Å²) < 4.78 is 5.02. The van der Waals surface area contributed by atoms with Crippen LogP contribution in [0.1, 0.15) is 11.5 Å².